The number of anilines is 2. The van der Waals surface area contributed by atoms with E-state index in [1.165, 1.54) is 7.11 Å². The van der Waals surface area contributed by atoms with Crippen molar-refractivity contribution >= 4 is 11.9 Å². The minimum atomic E-state index is 0.244. The normalized spacial score (nSPS) is 16.5. The number of ether oxygens (including phenoxy) is 2. The van der Waals surface area contributed by atoms with E-state index >= 15 is 0 Å². The fourth-order valence-electron chi connectivity index (χ4n) is 1.59. The van der Waals surface area contributed by atoms with Crippen LogP contribution in [0.5, 0.6) is 6.01 Å². The second-order valence-electron chi connectivity index (χ2n) is 3.54. The van der Waals surface area contributed by atoms with Gasteiger partial charge in [0.1, 0.15) is 0 Å². The predicted octanol–water partition coefficient (Wildman–Crippen LogP) is -0.608. The van der Waals surface area contributed by atoms with E-state index in [-0.39, 0.29) is 12.0 Å². The average molecular weight is 240 g/mol. The largest absolute Gasteiger partial charge is 0.467 e. The molecule has 0 aliphatic carbocycles. The smallest absolute Gasteiger partial charge is 0.322 e. The maximum Gasteiger partial charge on any atom is 0.322 e. The summed E-state index contributed by atoms with van der Waals surface area (Å²) in [6.45, 7) is 3.02. The quantitative estimate of drug-likeness (QED) is 0.533. The number of aromatic nitrogens is 3. The van der Waals surface area contributed by atoms with Gasteiger partial charge in [-0.05, 0) is 6.42 Å². The van der Waals surface area contributed by atoms with Crippen LogP contribution in [0.25, 0.3) is 0 Å². The molecular formula is C9H16N6O2. The number of nitrogens with zero attached hydrogens (tertiary/aromatic N) is 4. The summed E-state index contributed by atoms with van der Waals surface area (Å²) in [6, 6.07) is 0.244. The van der Waals surface area contributed by atoms with Crippen molar-refractivity contribution in [2.24, 2.45) is 5.84 Å². The van der Waals surface area contributed by atoms with Gasteiger partial charge in [0, 0.05) is 19.7 Å². The lowest BCUT2D eigenvalue weighted by molar-refractivity contribution is 0.152. The van der Waals surface area contributed by atoms with Crippen LogP contribution in [0, 0.1) is 0 Å². The molecule has 0 unspecified atom stereocenters. The highest BCUT2D eigenvalue weighted by molar-refractivity contribution is 5.37. The van der Waals surface area contributed by atoms with Crippen molar-refractivity contribution in [1.29, 1.82) is 0 Å². The highest BCUT2D eigenvalue weighted by atomic mass is 16.5. The van der Waals surface area contributed by atoms with E-state index in [2.05, 4.69) is 20.4 Å². The van der Waals surface area contributed by atoms with Crippen molar-refractivity contribution in [2.75, 3.05) is 43.7 Å². The topological polar surface area (TPSA) is 98.4 Å². The molecule has 17 heavy (non-hydrogen) atoms. The van der Waals surface area contributed by atoms with Gasteiger partial charge >= 0.3 is 6.01 Å². The Bertz CT molecular complexity index is 344. The zero-order valence-corrected chi connectivity index (χ0v) is 9.72. The Balaban J connectivity index is 2.22. The Morgan fingerprint density at radius 1 is 1.29 bits per heavy atom. The number of hydrazine groups is 1. The molecule has 0 bridgehead atoms. The first-order chi connectivity index (χ1) is 8.33. The number of hydrogen-bond acceptors (Lipinski definition) is 8. The van der Waals surface area contributed by atoms with Gasteiger partial charge in [-0.15, -0.1) is 0 Å². The van der Waals surface area contributed by atoms with E-state index in [1.54, 1.807) is 0 Å². The number of rotatable bonds is 3. The molecule has 1 fully saturated rings. The third-order valence-electron chi connectivity index (χ3n) is 2.42. The molecule has 0 saturated carbocycles. The zero-order valence-electron chi connectivity index (χ0n) is 9.72. The Kier molecular flexibility index (Phi) is 3.89. The van der Waals surface area contributed by atoms with Gasteiger partial charge in [-0.25, -0.2) is 5.84 Å². The van der Waals surface area contributed by atoms with E-state index in [0.29, 0.717) is 12.6 Å². The molecule has 1 saturated heterocycles. The lowest BCUT2D eigenvalue weighted by Crippen LogP contribution is -2.28. The molecule has 0 amide bonds. The molecule has 3 N–H and O–H groups in total. The summed E-state index contributed by atoms with van der Waals surface area (Å²) in [7, 11) is 1.50. The van der Waals surface area contributed by atoms with Crippen molar-refractivity contribution < 1.29 is 9.47 Å². The van der Waals surface area contributed by atoms with Crippen molar-refractivity contribution in [2.45, 2.75) is 6.42 Å². The molecule has 0 aromatic carbocycles. The van der Waals surface area contributed by atoms with Gasteiger partial charge < -0.3 is 14.4 Å². The average Bonchev–Trinajstić information content (AvgIpc) is 2.67. The lowest BCUT2D eigenvalue weighted by Gasteiger charge is -2.19. The van der Waals surface area contributed by atoms with Crippen molar-refractivity contribution in [3.05, 3.63) is 0 Å². The Morgan fingerprint density at radius 2 is 2.18 bits per heavy atom. The fraction of sp³-hybridized carbons (Fsp3) is 0.667. The Hall–Kier alpha value is -1.67. The van der Waals surface area contributed by atoms with Crippen LogP contribution in [0.3, 0.4) is 0 Å². The first-order valence-electron chi connectivity index (χ1n) is 5.43. The first kappa shape index (κ1) is 11.8. The maximum atomic E-state index is 5.37. The van der Waals surface area contributed by atoms with Crippen LogP contribution in [0.15, 0.2) is 0 Å². The van der Waals surface area contributed by atoms with Gasteiger partial charge in [0.05, 0.1) is 13.7 Å². The molecule has 94 valence electrons. The summed E-state index contributed by atoms with van der Waals surface area (Å²) >= 11 is 0. The number of methoxy groups -OCH3 is 1. The number of nitrogens with one attached hydrogen (secondary N) is 1. The number of hydrogen-bond donors (Lipinski definition) is 2. The summed E-state index contributed by atoms with van der Waals surface area (Å²) < 4.78 is 10.4. The number of nitrogen functional groups attached to an aromatic ring is 1. The maximum absolute atomic E-state index is 5.37. The molecular weight excluding hydrogens is 224 g/mol. The van der Waals surface area contributed by atoms with Gasteiger partial charge in [-0.2, -0.15) is 15.0 Å². The third kappa shape index (κ3) is 2.92. The minimum Gasteiger partial charge on any atom is -0.467 e. The first-order valence-corrected chi connectivity index (χ1v) is 5.43. The van der Waals surface area contributed by atoms with E-state index < -0.39 is 0 Å². The zero-order chi connectivity index (χ0) is 12.1. The summed E-state index contributed by atoms with van der Waals surface area (Å²) in [5, 5.41) is 0. The van der Waals surface area contributed by atoms with Crippen LogP contribution < -0.4 is 20.9 Å². The molecule has 1 aliphatic heterocycles. The van der Waals surface area contributed by atoms with Crippen molar-refractivity contribution in [1.82, 2.24) is 15.0 Å². The van der Waals surface area contributed by atoms with Crippen LogP contribution in [-0.4, -0.2) is 48.4 Å². The van der Waals surface area contributed by atoms with Crippen LogP contribution >= 0.6 is 0 Å². The van der Waals surface area contributed by atoms with Crippen molar-refractivity contribution in [3.63, 3.8) is 0 Å². The fourth-order valence-corrected chi connectivity index (χ4v) is 1.59. The standard InChI is InChI=1S/C9H16N6O2/c1-16-9-12-7(14-10)11-8(13-9)15-3-2-5-17-6-4-15/h2-6,10H2,1H3,(H,11,12,13,14). The molecule has 8 heteroatoms. The highest BCUT2D eigenvalue weighted by Gasteiger charge is 2.15. The second kappa shape index (κ2) is 5.60. The van der Waals surface area contributed by atoms with Crippen LogP contribution in [-0.2, 0) is 4.74 Å². The van der Waals surface area contributed by atoms with Gasteiger partial charge in [-0.3, -0.25) is 5.43 Å². The minimum absolute atomic E-state index is 0.244. The van der Waals surface area contributed by atoms with Gasteiger partial charge in [0.2, 0.25) is 11.9 Å². The van der Waals surface area contributed by atoms with E-state index in [0.717, 1.165) is 26.1 Å². The van der Waals surface area contributed by atoms with E-state index in [9.17, 15) is 0 Å². The van der Waals surface area contributed by atoms with Crippen LogP contribution in [0.1, 0.15) is 6.42 Å². The Morgan fingerprint density at radius 3 is 2.94 bits per heavy atom. The monoisotopic (exact) mass is 240 g/mol. The molecule has 1 aliphatic rings. The Labute approximate surface area is 99.1 Å². The second-order valence-corrected chi connectivity index (χ2v) is 3.54. The van der Waals surface area contributed by atoms with Gasteiger partial charge in [0.25, 0.3) is 0 Å². The summed E-state index contributed by atoms with van der Waals surface area (Å²) in [6.07, 6.45) is 0.944. The van der Waals surface area contributed by atoms with E-state index in [4.69, 9.17) is 15.3 Å². The molecule has 0 spiro atoms. The molecule has 2 heterocycles. The van der Waals surface area contributed by atoms with E-state index in [1.807, 2.05) is 4.90 Å². The highest BCUT2D eigenvalue weighted by Crippen LogP contribution is 2.15. The molecule has 8 nitrogen and oxygen atoms in total. The van der Waals surface area contributed by atoms with Crippen LogP contribution in [0.2, 0.25) is 0 Å². The lowest BCUT2D eigenvalue weighted by atomic mass is 10.4. The SMILES string of the molecule is COc1nc(NN)nc(N2CCCOCC2)n1. The molecule has 1 aromatic rings. The van der Waals surface area contributed by atoms with Gasteiger partial charge in [0.15, 0.2) is 0 Å². The molecule has 2 rings (SSSR count). The summed E-state index contributed by atoms with van der Waals surface area (Å²) in [4.78, 5) is 14.4. The molecule has 1 aromatic heterocycles. The van der Waals surface area contributed by atoms with Gasteiger partial charge in [-0.1, -0.05) is 0 Å². The molecule has 0 atom stereocenters. The third-order valence-corrected chi connectivity index (χ3v) is 2.42. The van der Waals surface area contributed by atoms with Crippen molar-refractivity contribution in [3.8, 4) is 6.01 Å². The number of nitrogens with two attached hydrogens (primary N) is 1. The summed E-state index contributed by atoms with van der Waals surface area (Å²) in [5.41, 5.74) is 2.40. The predicted molar refractivity (Wildman–Crippen MR) is 61.8 cm³/mol. The summed E-state index contributed by atoms with van der Waals surface area (Å²) in [5.74, 6) is 6.14. The molecule has 0 radical (unpaired) electrons. The van der Waals surface area contributed by atoms with Crippen LogP contribution in [0.4, 0.5) is 11.9 Å².